The van der Waals surface area contributed by atoms with Crippen molar-refractivity contribution in [1.29, 1.82) is 0 Å². The molecule has 2 heterocycles. The molecule has 4 rings (SSSR count). The van der Waals surface area contributed by atoms with Crippen LogP contribution in [0.2, 0.25) is 5.02 Å². The fourth-order valence-corrected chi connectivity index (χ4v) is 4.09. The van der Waals surface area contributed by atoms with Gasteiger partial charge in [0.25, 0.3) is 0 Å². The molecule has 5 heteroatoms. The number of carbonyl (C=O) groups is 1. The summed E-state index contributed by atoms with van der Waals surface area (Å²) in [5.41, 5.74) is 3.15. The number of rotatable bonds is 4. The number of halogens is 1. The molecule has 1 aliphatic rings. The van der Waals surface area contributed by atoms with E-state index >= 15 is 0 Å². The van der Waals surface area contributed by atoms with E-state index in [0.29, 0.717) is 13.0 Å². The van der Waals surface area contributed by atoms with Gasteiger partial charge in [0.15, 0.2) is 0 Å². The normalized spacial score (nSPS) is 16.2. The van der Waals surface area contributed by atoms with E-state index in [1.165, 1.54) is 4.88 Å². The number of thiophene rings is 1. The van der Waals surface area contributed by atoms with E-state index in [9.17, 15) is 4.79 Å². The van der Waals surface area contributed by atoms with Crippen molar-refractivity contribution in [3.05, 3.63) is 81.0 Å². The topological polar surface area (TPSA) is 38.3 Å². The number of anilines is 1. The summed E-state index contributed by atoms with van der Waals surface area (Å²) in [7, 11) is 0. The number of nitrogens with one attached hydrogen (secondary N) is 1. The molecule has 2 aromatic carbocycles. The summed E-state index contributed by atoms with van der Waals surface area (Å²) in [5.74, 6) is 0.999. The molecule has 25 heavy (non-hydrogen) atoms. The van der Waals surface area contributed by atoms with Crippen molar-refractivity contribution in [2.24, 2.45) is 0 Å². The molecule has 0 saturated carbocycles. The molecule has 3 aromatic rings. The Kier molecular flexibility index (Phi) is 4.47. The first-order chi connectivity index (χ1) is 12.2. The Morgan fingerprint density at radius 3 is 2.60 bits per heavy atom. The SMILES string of the molecule is O=C1CC(c2ccc(OCc3ccc(Cl)cc3)cc2)c2sccc2N1. The first-order valence-corrected chi connectivity index (χ1v) is 9.29. The van der Waals surface area contributed by atoms with Gasteiger partial charge in [-0.2, -0.15) is 0 Å². The van der Waals surface area contributed by atoms with Crippen LogP contribution in [-0.2, 0) is 11.4 Å². The summed E-state index contributed by atoms with van der Waals surface area (Å²) in [6.45, 7) is 0.497. The van der Waals surface area contributed by atoms with Crippen molar-refractivity contribution in [2.45, 2.75) is 18.9 Å². The van der Waals surface area contributed by atoms with Crippen LogP contribution in [0.1, 0.15) is 28.3 Å². The third-order valence-corrected chi connectivity index (χ3v) is 5.56. The molecule has 0 spiro atoms. The molecule has 1 aliphatic heterocycles. The predicted octanol–water partition coefficient (Wildman–Crippen LogP) is 5.45. The predicted molar refractivity (Wildman–Crippen MR) is 102 cm³/mol. The average Bonchev–Trinajstić information content (AvgIpc) is 3.09. The largest absolute Gasteiger partial charge is 0.489 e. The van der Waals surface area contributed by atoms with E-state index in [1.54, 1.807) is 11.3 Å². The fraction of sp³-hybridized carbons (Fsp3) is 0.150. The van der Waals surface area contributed by atoms with Crippen molar-refractivity contribution in [2.75, 3.05) is 5.32 Å². The summed E-state index contributed by atoms with van der Waals surface area (Å²) in [4.78, 5) is 13.1. The summed E-state index contributed by atoms with van der Waals surface area (Å²) in [6.07, 6.45) is 0.485. The second kappa shape index (κ2) is 6.90. The first-order valence-electron chi connectivity index (χ1n) is 8.03. The van der Waals surface area contributed by atoms with E-state index in [2.05, 4.69) is 5.32 Å². The number of fused-ring (bicyclic) bond motifs is 1. The maximum Gasteiger partial charge on any atom is 0.225 e. The summed E-state index contributed by atoms with van der Waals surface area (Å²) >= 11 is 7.58. The zero-order valence-electron chi connectivity index (χ0n) is 13.4. The Balaban J connectivity index is 1.47. The second-order valence-electron chi connectivity index (χ2n) is 5.99. The molecule has 0 saturated heterocycles. The Bertz CT molecular complexity index is 887. The van der Waals surface area contributed by atoms with Gasteiger partial charge in [-0.3, -0.25) is 4.79 Å². The Labute approximate surface area is 155 Å². The minimum absolute atomic E-state index is 0.0685. The molecule has 1 atom stereocenters. The van der Waals surface area contributed by atoms with Crippen molar-refractivity contribution >= 4 is 34.5 Å². The molecule has 0 bridgehead atoms. The Morgan fingerprint density at radius 1 is 1.08 bits per heavy atom. The molecule has 1 N–H and O–H groups in total. The van der Waals surface area contributed by atoms with Gasteiger partial charge in [0.05, 0.1) is 5.69 Å². The van der Waals surface area contributed by atoms with E-state index < -0.39 is 0 Å². The number of hydrogen-bond donors (Lipinski definition) is 1. The fourth-order valence-electron chi connectivity index (χ4n) is 2.99. The van der Waals surface area contributed by atoms with Crippen molar-refractivity contribution in [3.8, 4) is 5.75 Å². The van der Waals surface area contributed by atoms with Crippen LogP contribution in [-0.4, -0.2) is 5.91 Å². The lowest BCUT2D eigenvalue weighted by Gasteiger charge is -2.23. The van der Waals surface area contributed by atoms with E-state index in [-0.39, 0.29) is 11.8 Å². The van der Waals surface area contributed by atoms with Crippen molar-refractivity contribution < 1.29 is 9.53 Å². The molecular weight excluding hydrogens is 354 g/mol. The van der Waals surface area contributed by atoms with Crippen LogP contribution < -0.4 is 10.1 Å². The summed E-state index contributed by atoms with van der Waals surface area (Å²) in [5, 5.41) is 5.67. The van der Waals surface area contributed by atoms with E-state index in [0.717, 1.165) is 27.6 Å². The Hall–Kier alpha value is -2.30. The van der Waals surface area contributed by atoms with Gasteiger partial charge in [-0.05, 0) is 46.8 Å². The van der Waals surface area contributed by atoms with E-state index in [1.807, 2.05) is 60.0 Å². The molecule has 1 aromatic heterocycles. The highest BCUT2D eigenvalue weighted by Crippen LogP contribution is 2.40. The zero-order chi connectivity index (χ0) is 17.2. The molecule has 126 valence electrons. The first kappa shape index (κ1) is 16.2. The van der Waals surface area contributed by atoms with Crippen LogP contribution in [0.5, 0.6) is 5.75 Å². The second-order valence-corrected chi connectivity index (χ2v) is 7.37. The highest BCUT2D eigenvalue weighted by Gasteiger charge is 2.27. The number of hydrogen-bond acceptors (Lipinski definition) is 3. The number of carbonyl (C=O) groups excluding carboxylic acids is 1. The van der Waals surface area contributed by atoms with Gasteiger partial charge in [0.2, 0.25) is 5.91 Å². The van der Waals surface area contributed by atoms with Crippen LogP contribution in [0.3, 0.4) is 0 Å². The zero-order valence-corrected chi connectivity index (χ0v) is 14.9. The Morgan fingerprint density at radius 2 is 1.84 bits per heavy atom. The minimum Gasteiger partial charge on any atom is -0.489 e. The molecule has 0 radical (unpaired) electrons. The summed E-state index contributed by atoms with van der Waals surface area (Å²) < 4.78 is 5.83. The highest BCUT2D eigenvalue weighted by atomic mass is 35.5. The third-order valence-electron chi connectivity index (χ3n) is 4.28. The van der Waals surface area contributed by atoms with Gasteiger partial charge in [-0.25, -0.2) is 0 Å². The van der Waals surface area contributed by atoms with Crippen LogP contribution in [0.25, 0.3) is 0 Å². The molecule has 1 unspecified atom stereocenters. The standard InChI is InChI=1S/C20H16ClNO2S/c21-15-5-1-13(2-6-15)12-24-16-7-3-14(4-8-16)17-11-19(23)22-18-9-10-25-20(17)18/h1-10,17H,11-12H2,(H,22,23). The molecule has 1 amide bonds. The number of amides is 1. The van der Waals surface area contributed by atoms with Crippen LogP contribution in [0.15, 0.2) is 60.0 Å². The van der Waals surface area contributed by atoms with Gasteiger partial charge in [-0.15, -0.1) is 11.3 Å². The van der Waals surface area contributed by atoms with Gasteiger partial charge >= 0.3 is 0 Å². The number of benzene rings is 2. The highest BCUT2D eigenvalue weighted by molar-refractivity contribution is 7.10. The summed E-state index contributed by atoms with van der Waals surface area (Å²) in [6, 6.07) is 17.6. The maximum absolute atomic E-state index is 11.9. The van der Waals surface area contributed by atoms with Crippen molar-refractivity contribution in [3.63, 3.8) is 0 Å². The molecule has 0 aliphatic carbocycles. The van der Waals surface area contributed by atoms with Gasteiger partial charge < -0.3 is 10.1 Å². The van der Waals surface area contributed by atoms with Gasteiger partial charge in [-0.1, -0.05) is 35.9 Å². The molecule has 3 nitrogen and oxygen atoms in total. The lowest BCUT2D eigenvalue weighted by Crippen LogP contribution is -2.21. The maximum atomic E-state index is 11.9. The monoisotopic (exact) mass is 369 g/mol. The molecular formula is C20H16ClNO2S. The minimum atomic E-state index is 0.0685. The smallest absolute Gasteiger partial charge is 0.225 e. The number of ether oxygens (including phenoxy) is 1. The lowest BCUT2D eigenvalue weighted by atomic mass is 9.91. The van der Waals surface area contributed by atoms with Crippen molar-refractivity contribution in [1.82, 2.24) is 0 Å². The van der Waals surface area contributed by atoms with Gasteiger partial charge in [0.1, 0.15) is 12.4 Å². The van der Waals surface area contributed by atoms with Crippen LogP contribution >= 0.6 is 22.9 Å². The lowest BCUT2D eigenvalue weighted by molar-refractivity contribution is -0.116. The van der Waals surface area contributed by atoms with Gasteiger partial charge in [0, 0.05) is 22.2 Å². The quantitative estimate of drug-likeness (QED) is 0.663. The third kappa shape index (κ3) is 3.55. The van der Waals surface area contributed by atoms with Crippen LogP contribution in [0, 0.1) is 0 Å². The van der Waals surface area contributed by atoms with Crippen LogP contribution in [0.4, 0.5) is 5.69 Å². The van der Waals surface area contributed by atoms with E-state index in [4.69, 9.17) is 16.3 Å². The average molecular weight is 370 g/mol. The molecule has 0 fully saturated rings.